The molecule has 2 atom stereocenters. The van der Waals surface area contributed by atoms with Gasteiger partial charge in [-0.05, 0) is 24.0 Å². The van der Waals surface area contributed by atoms with Gasteiger partial charge in [0.2, 0.25) is 5.91 Å². The highest BCUT2D eigenvalue weighted by atomic mass is 19.3. The quantitative estimate of drug-likeness (QED) is 0.702. The standard InChI is InChI=1S/C23H25F2NO4/c1-30-22(29)23(24,25)21(28)19-13-8-14-26(19)20(27)15-18(16-9-4-2-5-10-16)17-11-6-3-7-12-17/h2-7,9-12,18-19,21,28H,8,13-15H2,1H3. The van der Waals surface area contributed by atoms with Crippen LogP contribution in [0, 0.1) is 0 Å². The van der Waals surface area contributed by atoms with Gasteiger partial charge in [0.25, 0.3) is 0 Å². The Hall–Kier alpha value is -2.80. The number of rotatable bonds is 7. The van der Waals surface area contributed by atoms with Gasteiger partial charge in [-0.3, -0.25) is 4.79 Å². The minimum absolute atomic E-state index is 0.0705. The van der Waals surface area contributed by atoms with E-state index in [0.717, 1.165) is 18.2 Å². The first-order valence-corrected chi connectivity index (χ1v) is 9.90. The third-order valence-corrected chi connectivity index (χ3v) is 5.60. The van der Waals surface area contributed by atoms with E-state index in [2.05, 4.69) is 4.74 Å². The molecular weight excluding hydrogens is 392 g/mol. The van der Waals surface area contributed by atoms with Crippen molar-refractivity contribution in [1.82, 2.24) is 4.90 Å². The lowest BCUT2D eigenvalue weighted by molar-refractivity contribution is -0.192. The lowest BCUT2D eigenvalue weighted by atomic mass is 9.88. The van der Waals surface area contributed by atoms with Crippen LogP contribution < -0.4 is 0 Å². The molecule has 3 rings (SSSR count). The summed E-state index contributed by atoms with van der Waals surface area (Å²) >= 11 is 0. The average Bonchev–Trinajstić information content (AvgIpc) is 3.27. The summed E-state index contributed by atoms with van der Waals surface area (Å²) in [6.07, 6.45) is -1.57. The number of carbonyl (C=O) groups excluding carboxylic acids is 2. The van der Waals surface area contributed by atoms with E-state index in [0.29, 0.717) is 6.42 Å². The van der Waals surface area contributed by atoms with Crippen LogP contribution in [0.3, 0.4) is 0 Å². The van der Waals surface area contributed by atoms with Crippen LogP contribution in [0.15, 0.2) is 60.7 Å². The molecule has 160 valence electrons. The summed E-state index contributed by atoms with van der Waals surface area (Å²) in [5.74, 6) is -6.48. The van der Waals surface area contributed by atoms with Gasteiger partial charge in [0.1, 0.15) is 6.10 Å². The predicted octanol–water partition coefficient (Wildman–Crippen LogP) is 3.37. The molecule has 30 heavy (non-hydrogen) atoms. The van der Waals surface area contributed by atoms with Gasteiger partial charge in [-0.1, -0.05) is 60.7 Å². The van der Waals surface area contributed by atoms with Crippen LogP contribution in [0.2, 0.25) is 0 Å². The first-order valence-electron chi connectivity index (χ1n) is 9.90. The molecule has 0 aliphatic carbocycles. The van der Waals surface area contributed by atoms with Gasteiger partial charge >= 0.3 is 11.9 Å². The molecule has 1 saturated heterocycles. The first-order chi connectivity index (χ1) is 14.4. The second-order valence-electron chi connectivity index (χ2n) is 7.43. The molecule has 0 radical (unpaired) electrons. The van der Waals surface area contributed by atoms with Crippen molar-refractivity contribution in [3.05, 3.63) is 71.8 Å². The Labute approximate surface area is 174 Å². The third-order valence-electron chi connectivity index (χ3n) is 5.60. The van der Waals surface area contributed by atoms with E-state index in [9.17, 15) is 23.5 Å². The van der Waals surface area contributed by atoms with E-state index < -0.39 is 24.0 Å². The number of hydrogen-bond acceptors (Lipinski definition) is 4. The van der Waals surface area contributed by atoms with Crippen molar-refractivity contribution < 1.29 is 28.2 Å². The van der Waals surface area contributed by atoms with E-state index in [1.165, 1.54) is 4.90 Å². The Balaban J connectivity index is 1.82. The summed E-state index contributed by atoms with van der Waals surface area (Å²) in [7, 11) is 0.838. The fraction of sp³-hybridized carbons (Fsp3) is 0.391. The summed E-state index contributed by atoms with van der Waals surface area (Å²) in [4.78, 5) is 25.8. The van der Waals surface area contributed by atoms with Crippen LogP contribution in [-0.4, -0.2) is 53.6 Å². The fourth-order valence-corrected chi connectivity index (χ4v) is 4.02. The number of esters is 1. The number of nitrogens with zero attached hydrogens (tertiary/aromatic N) is 1. The van der Waals surface area contributed by atoms with Gasteiger partial charge in [0, 0.05) is 18.9 Å². The molecule has 0 bridgehead atoms. The Morgan fingerprint density at radius 2 is 1.63 bits per heavy atom. The topological polar surface area (TPSA) is 66.8 Å². The SMILES string of the molecule is COC(=O)C(F)(F)C(O)C1CCCN1C(=O)CC(c1ccccc1)c1ccccc1. The molecule has 7 heteroatoms. The van der Waals surface area contributed by atoms with E-state index >= 15 is 0 Å². The average molecular weight is 417 g/mol. The van der Waals surface area contributed by atoms with E-state index in [4.69, 9.17) is 0 Å². The van der Waals surface area contributed by atoms with Crippen molar-refractivity contribution in [2.75, 3.05) is 13.7 Å². The predicted molar refractivity (Wildman–Crippen MR) is 107 cm³/mol. The normalized spacial score (nSPS) is 17.8. The summed E-state index contributed by atoms with van der Waals surface area (Å²) in [5.41, 5.74) is 1.88. The number of amides is 1. The Morgan fingerprint density at radius 1 is 1.10 bits per heavy atom. The number of benzene rings is 2. The second kappa shape index (κ2) is 9.34. The number of likely N-dealkylation sites (tertiary alicyclic amines) is 1. The Morgan fingerprint density at radius 3 is 2.13 bits per heavy atom. The number of aliphatic hydroxyl groups is 1. The van der Waals surface area contributed by atoms with Crippen LogP contribution >= 0.6 is 0 Å². The fourth-order valence-electron chi connectivity index (χ4n) is 4.02. The number of halogens is 2. The molecule has 1 aliphatic rings. The third kappa shape index (κ3) is 4.51. The number of methoxy groups -OCH3 is 1. The van der Waals surface area contributed by atoms with Crippen molar-refractivity contribution in [1.29, 1.82) is 0 Å². The molecule has 2 unspecified atom stereocenters. The van der Waals surface area contributed by atoms with Crippen molar-refractivity contribution in [2.45, 2.75) is 43.2 Å². The van der Waals surface area contributed by atoms with Crippen LogP contribution in [-0.2, 0) is 14.3 Å². The number of carbonyl (C=O) groups is 2. The molecule has 1 fully saturated rings. The lowest BCUT2D eigenvalue weighted by Gasteiger charge is -2.32. The highest BCUT2D eigenvalue weighted by Gasteiger charge is 2.54. The molecule has 0 aromatic heterocycles. The minimum Gasteiger partial charge on any atom is -0.465 e. The highest BCUT2D eigenvalue weighted by molar-refractivity contribution is 5.80. The van der Waals surface area contributed by atoms with Crippen LogP contribution in [0.5, 0.6) is 0 Å². The second-order valence-corrected chi connectivity index (χ2v) is 7.43. The van der Waals surface area contributed by atoms with Gasteiger partial charge in [-0.15, -0.1) is 0 Å². The molecule has 1 aliphatic heterocycles. The van der Waals surface area contributed by atoms with Crippen molar-refractivity contribution in [3.63, 3.8) is 0 Å². The number of hydrogen-bond donors (Lipinski definition) is 1. The van der Waals surface area contributed by atoms with Crippen LogP contribution in [0.1, 0.15) is 36.3 Å². The maximum atomic E-state index is 14.2. The Kier molecular flexibility index (Phi) is 6.82. The summed E-state index contributed by atoms with van der Waals surface area (Å²) in [6, 6.07) is 17.9. The summed E-state index contributed by atoms with van der Waals surface area (Å²) < 4.78 is 32.6. The van der Waals surface area contributed by atoms with Gasteiger partial charge in [-0.2, -0.15) is 8.78 Å². The summed E-state index contributed by atoms with van der Waals surface area (Å²) in [5, 5.41) is 10.2. The molecule has 1 amide bonds. The van der Waals surface area contributed by atoms with Gasteiger partial charge in [-0.25, -0.2) is 4.79 Å². The molecular formula is C23H25F2NO4. The smallest absolute Gasteiger partial charge is 0.379 e. The maximum absolute atomic E-state index is 14.2. The van der Waals surface area contributed by atoms with Crippen LogP contribution in [0.4, 0.5) is 8.78 Å². The molecule has 1 heterocycles. The lowest BCUT2D eigenvalue weighted by Crippen LogP contribution is -2.54. The molecule has 0 spiro atoms. The molecule has 2 aromatic carbocycles. The van der Waals surface area contributed by atoms with Crippen molar-refractivity contribution >= 4 is 11.9 Å². The van der Waals surface area contributed by atoms with Gasteiger partial charge in [0.15, 0.2) is 0 Å². The Bertz CT molecular complexity index is 821. The summed E-state index contributed by atoms with van der Waals surface area (Å²) in [6.45, 7) is 0.258. The molecule has 0 saturated carbocycles. The van der Waals surface area contributed by atoms with Crippen molar-refractivity contribution in [2.24, 2.45) is 0 Å². The zero-order chi connectivity index (χ0) is 21.7. The number of aliphatic hydroxyl groups excluding tert-OH is 1. The minimum atomic E-state index is -4.08. The molecule has 2 aromatic rings. The largest absolute Gasteiger partial charge is 0.465 e. The van der Waals surface area contributed by atoms with Gasteiger partial charge < -0.3 is 14.7 Å². The highest BCUT2D eigenvalue weighted by Crippen LogP contribution is 2.34. The number of alkyl halides is 2. The molecule has 1 N–H and O–H groups in total. The number of ether oxygens (including phenoxy) is 1. The van der Waals surface area contributed by atoms with E-state index in [1.54, 1.807) is 0 Å². The monoisotopic (exact) mass is 417 g/mol. The first kappa shape index (κ1) is 21.9. The van der Waals surface area contributed by atoms with Crippen molar-refractivity contribution in [3.8, 4) is 0 Å². The molecule has 5 nitrogen and oxygen atoms in total. The zero-order valence-electron chi connectivity index (χ0n) is 16.7. The van der Waals surface area contributed by atoms with Gasteiger partial charge in [0.05, 0.1) is 13.2 Å². The zero-order valence-corrected chi connectivity index (χ0v) is 16.7. The maximum Gasteiger partial charge on any atom is 0.379 e. The van der Waals surface area contributed by atoms with Crippen LogP contribution in [0.25, 0.3) is 0 Å². The van der Waals surface area contributed by atoms with E-state index in [1.807, 2.05) is 60.7 Å². The van der Waals surface area contributed by atoms with E-state index in [-0.39, 0.29) is 31.2 Å².